The van der Waals surface area contributed by atoms with Gasteiger partial charge in [-0.15, -0.1) is 10.2 Å². The van der Waals surface area contributed by atoms with Crippen LogP contribution in [0.2, 0.25) is 0 Å². The third kappa shape index (κ3) is 4.35. The van der Waals surface area contributed by atoms with Gasteiger partial charge in [0.25, 0.3) is 5.22 Å². The van der Waals surface area contributed by atoms with Crippen LogP contribution >= 0.6 is 11.8 Å². The van der Waals surface area contributed by atoms with E-state index in [2.05, 4.69) is 25.5 Å². The molecule has 0 saturated carbocycles. The van der Waals surface area contributed by atoms with Gasteiger partial charge in [-0.3, -0.25) is 4.79 Å². The van der Waals surface area contributed by atoms with Crippen LogP contribution in [0.15, 0.2) is 33.9 Å². The number of nitrogens with one attached hydrogen (secondary N) is 2. The molecule has 3 aromatic rings. The van der Waals surface area contributed by atoms with Crippen molar-refractivity contribution in [2.24, 2.45) is 0 Å². The highest BCUT2D eigenvalue weighted by Gasteiger charge is 2.10. The number of imidazole rings is 1. The predicted octanol–water partition coefficient (Wildman–Crippen LogP) is 2.35. The van der Waals surface area contributed by atoms with Gasteiger partial charge in [-0.25, -0.2) is 4.98 Å². The molecule has 0 aliphatic carbocycles. The number of para-hydroxylation sites is 2. The molecule has 0 unspecified atom stereocenters. The Bertz CT molecular complexity index is 781. The Balaban J connectivity index is 1.49. The zero-order valence-electron chi connectivity index (χ0n) is 13.4. The Labute approximate surface area is 143 Å². The highest BCUT2D eigenvalue weighted by molar-refractivity contribution is 7.99. The Hall–Kier alpha value is -2.35. The number of thioether (sulfide) groups is 1. The minimum absolute atomic E-state index is 0.0242. The predicted molar refractivity (Wildman–Crippen MR) is 91.8 cm³/mol. The van der Waals surface area contributed by atoms with E-state index in [4.69, 9.17) is 4.42 Å². The lowest BCUT2D eigenvalue weighted by atomic mass is 10.3. The Morgan fingerprint density at radius 1 is 1.29 bits per heavy atom. The van der Waals surface area contributed by atoms with E-state index in [9.17, 15) is 4.79 Å². The van der Waals surface area contributed by atoms with Gasteiger partial charge in [0.1, 0.15) is 5.82 Å². The zero-order valence-corrected chi connectivity index (χ0v) is 14.2. The molecular weight excluding hydrogens is 326 g/mol. The number of hydrogen-bond donors (Lipinski definition) is 2. The maximum atomic E-state index is 11.5. The second kappa shape index (κ2) is 7.96. The van der Waals surface area contributed by atoms with Crippen LogP contribution in [0, 0.1) is 0 Å². The van der Waals surface area contributed by atoms with E-state index in [1.807, 2.05) is 31.2 Å². The molecule has 2 aromatic heterocycles. The van der Waals surface area contributed by atoms with Crippen molar-refractivity contribution in [1.82, 2.24) is 25.5 Å². The van der Waals surface area contributed by atoms with E-state index < -0.39 is 0 Å². The second-order valence-corrected chi connectivity index (χ2v) is 6.23. The van der Waals surface area contributed by atoms with Crippen LogP contribution in [0.3, 0.4) is 0 Å². The number of rotatable bonds is 8. The molecule has 1 aromatic carbocycles. The maximum Gasteiger partial charge on any atom is 0.277 e. The third-order valence-electron chi connectivity index (χ3n) is 3.36. The fourth-order valence-electron chi connectivity index (χ4n) is 2.19. The van der Waals surface area contributed by atoms with Crippen LogP contribution in [-0.4, -0.2) is 38.4 Å². The first-order valence-corrected chi connectivity index (χ1v) is 8.88. The summed E-state index contributed by atoms with van der Waals surface area (Å²) in [6.07, 6.45) is 2.22. The van der Waals surface area contributed by atoms with Crippen molar-refractivity contribution in [2.75, 3.05) is 12.3 Å². The van der Waals surface area contributed by atoms with Gasteiger partial charge in [0.05, 0.1) is 16.8 Å². The highest BCUT2D eigenvalue weighted by atomic mass is 32.2. The highest BCUT2D eigenvalue weighted by Crippen LogP contribution is 2.17. The quantitative estimate of drug-likeness (QED) is 0.608. The number of aromatic amines is 1. The summed E-state index contributed by atoms with van der Waals surface area (Å²) in [5.41, 5.74) is 1.97. The van der Waals surface area contributed by atoms with Crippen LogP contribution < -0.4 is 5.32 Å². The van der Waals surface area contributed by atoms with Gasteiger partial charge < -0.3 is 14.7 Å². The zero-order chi connectivity index (χ0) is 16.8. The SMILES string of the molecule is CCCNC(=O)CSc1nnc(CCc2nc3ccccc3[nH]2)o1. The van der Waals surface area contributed by atoms with Gasteiger partial charge in [-0.05, 0) is 18.6 Å². The molecule has 2 N–H and O–H groups in total. The van der Waals surface area contributed by atoms with E-state index >= 15 is 0 Å². The first-order valence-electron chi connectivity index (χ1n) is 7.90. The lowest BCUT2D eigenvalue weighted by Crippen LogP contribution is -2.25. The van der Waals surface area contributed by atoms with Crippen molar-refractivity contribution >= 4 is 28.7 Å². The number of carbonyl (C=O) groups is 1. The number of amides is 1. The smallest absolute Gasteiger partial charge is 0.277 e. The number of aromatic nitrogens is 4. The number of aryl methyl sites for hydroxylation is 2. The van der Waals surface area contributed by atoms with E-state index in [1.54, 1.807) is 0 Å². The number of H-pyrrole nitrogens is 1. The van der Waals surface area contributed by atoms with Crippen molar-refractivity contribution in [3.63, 3.8) is 0 Å². The van der Waals surface area contributed by atoms with Gasteiger partial charge in [0.2, 0.25) is 11.8 Å². The molecule has 1 amide bonds. The topological polar surface area (TPSA) is 96.7 Å². The average molecular weight is 345 g/mol. The van der Waals surface area contributed by atoms with E-state index in [0.717, 1.165) is 23.3 Å². The molecule has 0 fully saturated rings. The normalized spacial score (nSPS) is 11.0. The number of nitrogens with zero attached hydrogens (tertiary/aromatic N) is 3. The van der Waals surface area contributed by atoms with Crippen molar-refractivity contribution in [1.29, 1.82) is 0 Å². The number of hydrogen-bond acceptors (Lipinski definition) is 6. The summed E-state index contributed by atoms with van der Waals surface area (Å²) in [6, 6.07) is 7.91. The largest absolute Gasteiger partial charge is 0.416 e. The summed E-state index contributed by atoms with van der Waals surface area (Å²) in [5.74, 6) is 1.70. The minimum Gasteiger partial charge on any atom is -0.416 e. The van der Waals surface area contributed by atoms with Crippen LogP contribution in [0.4, 0.5) is 0 Å². The molecule has 24 heavy (non-hydrogen) atoms. The van der Waals surface area contributed by atoms with E-state index in [1.165, 1.54) is 11.8 Å². The molecule has 7 nitrogen and oxygen atoms in total. The summed E-state index contributed by atoms with van der Waals surface area (Å²) in [7, 11) is 0. The summed E-state index contributed by atoms with van der Waals surface area (Å²) < 4.78 is 5.55. The van der Waals surface area contributed by atoms with Gasteiger partial charge in [-0.2, -0.15) is 0 Å². The molecule has 0 atom stereocenters. The molecule has 0 bridgehead atoms. The second-order valence-electron chi connectivity index (χ2n) is 5.30. The molecule has 0 aliphatic rings. The number of carbonyl (C=O) groups excluding carboxylic acids is 1. The fraction of sp³-hybridized carbons (Fsp3) is 0.375. The lowest BCUT2D eigenvalue weighted by Gasteiger charge is -2.00. The molecule has 3 rings (SSSR count). The fourth-order valence-corrected chi connectivity index (χ4v) is 2.80. The minimum atomic E-state index is -0.0242. The van der Waals surface area contributed by atoms with Gasteiger partial charge in [0.15, 0.2) is 0 Å². The molecule has 0 saturated heterocycles. The molecular formula is C16H19N5O2S. The van der Waals surface area contributed by atoms with Crippen molar-refractivity contribution < 1.29 is 9.21 Å². The van der Waals surface area contributed by atoms with Crippen molar-refractivity contribution in [3.8, 4) is 0 Å². The molecule has 0 radical (unpaired) electrons. The Kier molecular flexibility index (Phi) is 5.47. The molecule has 126 valence electrons. The summed E-state index contributed by atoms with van der Waals surface area (Å²) in [6.45, 7) is 2.70. The third-order valence-corrected chi connectivity index (χ3v) is 4.18. The van der Waals surface area contributed by atoms with Gasteiger partial charge >= 0.3 is 0 Å². The van der Waals surface area contributed by atoms with E-state index in [-0.39, 0.29) is 11.7 Å². The summed E-state index contributed by atoms with van der Waals surface area (Å²) in [4.78, 5) is 19.3. The Morgan fingerprint density at radius 3 is 3.00 bits per heavy atom. The first-order chi connectivity index (χ1) is 11.7. The van der Waals surface area contributed by atoms with Crippen LogP contribution in [0.25, 0.3) is 11.0 Å². The van der Waals surface area contributed by atoms with Crippen molar-refractivity contribution in [2.45, 2.75) is 31.4 Å². The first kappa shape index (κ1) is 16.5. The number of fused-ring (bicyclic) bond motifs is 1. The van der Waals surface area contributed by atoms with Crippen LogP contribution in [0.5, 0.6) is 0 Å². The van der Waals surface area contributed by atoms with Gasteiger partial charge in [-0.1, -0.05) is 30.8 Å². The monoisotopic (exact) mass is 345 g/mol. The summed E-state index contributed by atoms with van der Waals surface area (Å²) >= 11 is 1.25. The molecule has 0 aliphatic heterocycles. The van der Waals surface area contributed by atoms with Crippen molar-refractivity contribution in [3.05, 3.63) is 36.0 Å². The summed E-state index contributed by atoms with van der Waals surface area (Å²) in [5, 5.41) is 11.2. The maximum absolute atomic E-state index is 11.5. The molecule has 2 heterocycles. The Morgan fingerprint density at radius 2 is 2.17 bits per heavy atom. The van der Waals surface area contributed by atoms with Gasteiger partial charge in [0, 0.05) is 19.4 Å². The lowest BCUT2D eigenvalue weighted by molar-refractivity contribution is -0.118. The number of benzene rings is 1. The molecule has 8 heteroatoms. The standard InChI is InChI=1S/C16H19N5O2S/c1-2-9-17-14(22)10-24-16-21-20-15(23-16)8-7-13-18-11-5-3-4-6-12(11)19-13/h3-6H,2,7-10H2,1H3,(H,17,22)(H,18,19). The van der Waals surface area contributed by atoms with Crippen LogP contribution in [-0.2, 0) is 17.6 Å². The average Bonchev–Trinajstić information content (AvgIpc) is 3.22. The van der Waals surface area contributed by atoms with E-state index in [0.29, 0.717) is 30.5 Å². The molecule has 0 spiro atoms. The van der Waals surface area contributed by atoms with Crippen LogP contribution in [0.1, 0.15) is 25.1 Å².